The van der Waals surface area contributed by atoms with Gasteiger partial charge >= 0.3 is 5.97 Å². The summed E-state index contributed by atoms with van der Waals surface area (Å²) in [4.78, 5) is 27.7. The van der Waals surface area contributed by atoms with Gasteiger partial charge in [0.1, 0.15) is 5.82 Å². The number of carbonyl (C=O) groups excluding carboxylic acids is 2. The van der Waals surface area contributed by atoms with Gasteiger partial charge in [0, 0.05) is 27.9 Å². The molecular weight excluding hydrogens is 510 g/mol. The third kappa shape index (κ3) is 4.21. The first kappa shape index (κ1) is 23.2. The Morgan fingerprint density at radius 3 is 2.30 bits per heavy atom. The summed E-state index contributed by atoms with van der Waals surface area (Å²) in [6.07, 6.45) is 1.57. The summed E-state index contributed by atoms with van der Waals surface area (Å²) >= 11 is 3.41. The highest BCUT2D eigenvalue weighted by atomic mass is 79.9. The van der Waals surface area contributed by atoms with Gasteiger partial charge in [-0.3, -0.25) is 9.69 Å². The van der Waals surface area contributed by atoms with Crippen molar-refractivity contribution in [3.05, 3.63) is 81.2 Å². The van der Waals surface area contributed by atoms with Crippen molar-refractivity contribution in [3.8, 4) is 0 Å². The zero-order valence-electron chi connectivity index (χ0n) is 17.7. The van der Waals surface area contributed by atoms with Crippen LogP contribution < -0.4 is 15.8 Å². The van der Waals surface area contributed by atoms with E-state index >= 15 is 0 Å². The molecule has 0 aromatic heterocycles. The second-order valence-corrected chi connectivity index (χ2v) is 10.3. The number of anilines is 1. The monoisotopic (exact) mass is 531 g/mol. The van der Waals surface area contributed by atoms with Crippen LogP contribution in [0.1, 0.15) is 30.7 Å². The zero-order chi connectivity index (χ0) is 23.9. The van der Waals surface area contributed by atoms with Crippen LogP contribution in [0.25, 0.3) is 0 Å². The van der Waals surface area contributed by atoms with Gasteiger partial charge in [0.15, 0.2) is 5.78 Å². The molecule has 0 amide bonds. The van der Waals surface area contributed by atoms with Gasteiger partial charge in [-0.15, -0.1) is 0 Å². The summed E-state index contributed by atoms with van der Waals surface area (Å²) in [7, 11) is -2.62. The van der Waals surface area contributed by atoms with E-state index < -0.39 is 21.9 Å². The minimum absolute atomic E-state index is 0.0549. The second kappa shape index (κ2) is 8.77. The molecule has 0 radical (unpaired) electrons. The molecule has 2 aromatic rings. The van der Waals surface area contributed by atoms with Gasteiger partial charge in [-0.05, 0) is 54.8 Å². The van der Waals surface area contributed by atoms with Crippen molar-refractivity contribution in [2.75, 3.05) is 12.0 Å². The van der Waals surface area contributed by atoms with Crippen LogP contribution in [0.3, 0.4) is 0 Å². The Labute approximate surface area is 200 Å². The normalized spacial score (nSPS) is 18.9. The average molecular weight is 532 g/mol. The molecule has 4 rings (SSSR count). The molecule has 1 heterocycles. The van der Waals surface area contributed by atoms with E-state index in [9.17, 15) is 18.0 Å². The molecule has 10 heteroatoms. The van der Waals surface area contributed by atoms with Crippen molar-refractivity contribution in [2.24, 2.45) is 10.9 Å². The van der Waals surface area contributed by atoms with E-state index in [1.807, 2.05) is 24.3 Å². The maximum Gasteiger partial charge on any atom is 0.338 e. The second-order valence-electron chi connectivity index (χ2n) is 7.79. The van der Waals surface area contributed by atoms with Crippen LogP contribution in [0.4, 0.5) is 5.69 Å². The maximum absolute atomic E-state index is 13.2. The minimum Gasteiger partial charge on any atom is -0.466 e. The van der Waals surface area contributed by atoms with Crippen LogP contribution in [0.15, 0.2) is 80.6 Å². The Bertz CT molecular complexity index is 1300. The predicted octanol–water partition coefficient (Wildman–Crippen LogP) is 3.05. The van der Waals surface area contributed by atoms with Crippen molar-refractivity contribution in [2.45, 2.75) is 30.1 Å². The number of benzene rings is 2. The molecule has 0 fully saturated rings. The summed E-state index contributed by atoms with van der Waals surface area (Å²) in [5.74, 6) is -1.25. The van der Waals surface area contributed by atoms with Gasteiger partial charge in [-0.2, -0.15) is 0 Å². The van der Waals surface area contributed by atoms with E-state index in [1.54, 1.807) is 17.0 Å². The van der Waals surface area contributed by atoms with E-state index in [4.69, 9.17) is 15.6 Å². The van der Waals surface area contributed by atoms with Gasteiger partial charge in [0.25, 0.3) is 0 Å². The minimum atomic E-state index is -3.88. The number of ether oxygens (including phenoxy) is 1. The molecule has 33 heavy (non-hydrogen) atoms. The van der Waals surface area contributed by atoms with Gasteiger partial charge in [-0.1, -0.05) is 28.1 Å². The van der Waals surface area contributed by atoms with E-state index in [0.29, 0.717) is 36.2 Å². The van der Waals surface area contributed by atoms with E-state index in [-0.39, 0.29) is 22.1 Å². The topological polar surface area (TPSA) is 133 Å². The van der Waals surface area contributed by atoms with Crippen molar-refractivity contribution >= 4 is 43.4 Å². The molecule has 2 aromatic carbocycles. The largest absolute Gasteiger partial charge is 0.466 e. The van der Waals surface area contributed by atoms with Crippen molar-refractivity contribution in [3.63, 3.8) is 0 Å². The van der Waals surface area contributed by atoms with Crippen LogP contribution in [0.5, 0.6) is 0 Å². The quantitative estimate of drug-likeness (QED) is 0.579. The number of esters is 1. The lowest BCUT2D eigenvalue weighted by Gasteiger charge is -2.40. The third-order valence-corrected chi connectivity index (χ3v) is 7.28. The van der Waals surface area contributed by atoms with Gasteiger partial charge in [0.05, 0.1) is 23.5 Å². The van der Waals surface area contributed by atoms with E-state index in [1.165, 1.54) is 19.2 Å². The van der Waals surface area contributed by atoms with Crippen LogP contribution in [-0.4, -0.2) is 27.3 Å². The Balaban J connectivity index is 1.96. The molecule has 0 unspecified atom stereocenters. The van der Waals surface area contributed by atoms with Crippen LogP contribution in [-0.2, 0) is 24.3 Å². The molecule has 8 nitrogen and oxygen atoms in total. The lowest BCUT2D eigenvalue weighted by Crippen LogP contribution is -2.40. The number of methoxy groups -OCH3 is 1. The molecule has 1 atom stereocenters. The Morgan fingerprint density at radius 2 is 1.73 bits per heavy atom. The molecular formula is C23H22BrN3O5S. The molecule has 0 spiro atoms. The first-order valence-corrected chi connectivity index (χ1v) is 12.5. The SMILES string of the molecule is COC(=O)C1=C(N)N(c2ccc(S(N)(=O)=O)cc2)C2=C(C(=O)CCC2)[C@@H]1c1ccc(Br)cc1. The molecule has 0 bridgehead atoms. The van der Waals surface area contributed by atoms with Gasteiger partial charge < -0.3 is 10.5 Å². The fourth-order valence-corrected chi connectivity index (χ4v) is 5.15. The lowest BCUT2D eigenvalue weighted by molar-refractivity contribution is -0.136. The summed E-state index contributed by atoms with van der Waals surface area (Å²) in [5.41, 5.74) is 9.17. The molecule has 1 aliphatic carbocycles. The number of sulfonamides is 1. The number of hydrogen-bond acceptors (Lipinski definition) is 7. The lowest BCUT2D eigenvalue weighted by atomic mass is 9.75. The summed E-state index contributed by atoms with van der Waals surface area (Å²) in [5, 5.41) is 5.22. The number of ketones is 1. The maximum atomic E-state index is 13.2. The number of hydrogen-bond donors (Lipinski definition) is 2. The van der Waals surface area contributed by atoms with Crippen molar-refractivity contribution in [1.29, 1.82) is 0 Å². The third-order valence-electron chi connectivity index (χ3n) is 5.82. The number of rotatable bonds is 4. The number of allylic oxidation sites excluding steroid dienone is 2. The molecule has 2 aliphatic rings. The van der Waals surface area contributed by atoms with Crippen LogP contribution >= 0.6 is 15.9 Å². The molecule has 1 aliphatic heterocycles. The molecule has 172 valence electrons. The van der Waals surface area contributed by atoms with Gasteiger partial charge in [0.2, 0.25) is 10.0 Å². The number of halogens is 1. The van der Waals surface area contributed by atoms with Crippen molar-refractivity contribution in [1.82, 2.24) is 0 Å². The highest BCUT2D eigenvalue weighted by Gasteiger charge is 2.42. The average Bonchev–Trinajstić information content (AvgIpc) is 2.78. The number of nitrogens with zero attached hydrogens (tertiary/aromatic N) is 1. The first-order chi connectivity index (χ1) is 15.6. The number of Topliss-reactive ketones (excluding diaryl/α,β-unsaturated/α-hetero) is 1. The Hall–Kier alpha value is -2.95. The predicted molar refractivity (Wildman–Crippen MR) is 126 cm³/mol. The summed E-state index contributed by atoms with van der Waals surface area (Å²) < 4.78 is 29.3. The fraction of sp³-hybridized carbons (Fsp3) is 0.217. The smallest absolute Gasteiger partial charge is 0.338 e. The first-order valence-electron chi connectivity index (χ1n) is 10.2. The number of carbonyl (C=O) groups is 2. The Kier molecular flexibility index (Phi) is 6.17. The highest BCUT2D eigenvalue weighted by molar-refractivity contribution is 9.10. The number of nitrogens with two attached hydrogens (primary N) is 2. The highest BCUT2D eigenvalue weighted by Crippen LogP contribution is 2.46. The van der Waals surface area contributed by atoms with E-state index in [0.717, 1.165) is 10.0 Å². The zero-order valence-corrected chi connectivity index (χ0v) is 20.1. The van der Waals surface area contributed by atoms with E-state index in [2.05, 4.69) is 15.9 Å². The summed E-state index contributed by atoms with van der Waals surface area (Å²) in [6, 6.07) is 13.2. The number of primary sulfonamides is 1. The molecule has 0 saturated heterocycles. The summed E-state index contributed by atoms with van der Waals surface area (Å²) in [6.45, 7) is 0. The molecule has 0 saturated carbocycles. The van der Waals surface area contributed by atoms with Crippen LogP contribution in [0, 0.1) is 0 Å². The van der Waals surface area contributed by atoms with Crippen molar-refractivity contribution < 1.29 is 22.7 Å². The van der Waals surface area contributed by atoms with Crippen LogP contribution in [0.2, 0.25) is 0 Å². The molecule has 4 N–H and O–H groups in total. The Morgan fingerprint density at radius 1 is 1.09 bits per heavy atom. The standard InChI is InChI=1S/C23H22BrN3O5S/c1-32-23(29)21-19(13-5-7-14(24)8-6-13)20-17(3-2-4-18(20)28)27(22(21)25)15-9-11-16(12-10-15)33(26,30)31/h5-12,19H,2-4,25H2,1H3,(H2,26,30,31)/t19-/m0/s1. The van der Waals surface area contributed by atoms with Gasteiger partial charge in [-0.25, -0.2) is 18.4 Å². The fourth-order valence-electron chi connectivity index (χ4n) is 4.37.